The standard InChI is InChI=1S/C16H13NO3/c1-2-20-16(19)13-5-3-12(4-6-13)14-7-11(10-17)8-15(18)9-14/h3-9,18H,2H2,1H3. The van der Waals surface area contributed by atoms with Crippen LogP contribution in [0.2, 0.25) is 0 Å². The first-order chi connectivity index (χ1) is 9.63. The fourth-order valence-corrected chi connectivity index (χ4v) is 1.86. The van der Waals surface area contributed by atoms with Crippen molar-refractivity contribution in [2.45, 2.75) is 6.92 Å². The molecule has 0 saturated carbocycles. The van der Waals surface area contributed by atoms with Gasteiger partial charge in [-0.15, -0.1) is 0 Å². The summed E-state index contributed by atoms with van der Waals surface area (Å²) in [6.45, 7) is 2.08. The van der Waals surface area contributed by atoms with E-state index in [1.807, 2.05) is 6.07 Å². The topological polar surface area (TPSA) is 70.3 Å². The molecule has 100 valence electrons. The zero-order valence-corrected chi connectivity index (χ0v) is 11.0. The minimum absolute atomic E-state index is 0.0357. The first kappa shape index (κ1) is 13.6. The lowest BCUT2D eigenvalue weighted by molar-refractivity contribution is 0.0526. The summed E-state index contributed by atoms with van der Waals surface area (Å²) in [5.41, 5.74) is 2.38. The number of ether oxygens (including phenoxy) is 1. The normalized spacial score (nSPS) is 9.80. The smallest absolute Gasteiger partial charge is 0.338 e. The van der Waals surface area contributed by atoms with Gasteiger partial charge in [0.25, 0.3) is 0 Å². The fraction of sp³-hybridized carbons (Fsp3) is 0.125. The van der Waals surface area contributed by atoms with Crippen LogP contribution in [0.4, 0.5) is 0 Å². The number of nitriles is 1. The van der Waals surface area contributed by atoms with Crippen LogP contribution >= 0.6 is 0 Å². The van der Waals surface area contributed by atoms with E-state index in [2.05, 4.69) is 0 Å². The van der Waals surface area contributed by atoms with Gasteiger partial charge in [0.2, 0.25) is 0 Å². The number of carbonyl (C=O) groups excluding carboxylic acids is 1. The van der Waals surface area contributed by atoms with E-state index >= 15 is 0 Å². The van der Waals surface area contributed by atoms with Crippen molar-refractivity contribution in [3.63, 3.8) is 0 Å². The summed E-state index contributed by atoms with van der Waals surface area (Å²) in [5.74, 6) is -0.332. The third kappa shape index (κ3) is 2.96. The van der Waals surface area contributed by atoms with E-state index < -0.39 is 0 Å². The molecule has 4 heteroatoms. The van der Waals surface area contributed by atoms with Crippen LogP contribution in [0.15, 0.2) is 42.5 Å². The predicted octanol–water partition coefficient (Wildman–Crippen LogP) is 3.11. The highest BCUT2D eigenvalue weighted by atomic mass is 16.5. The number of hydrogen-bond acceptors (Lipinski definition) is 4. The number of esters is 1. The lowest BCUT2D eigenvalue weighted by atomic mass is 10.0. The van der Waals surface area contributed by atoms with Crippen molar-refractivity contribution < 1.29 is 14.6 Å². The highest BCUT2D eigenvalue weighted by molar-refractivity contribution is 5.90. The Morgan fingerprint density at radius 2 is 1.90 bits per heavy atom. The largest absolute Gasteiger partial charge is 0.508 e. The van der Waals surface area contributed by atoms with Crippen molar-refractivity contribution in [1.82, 2.24) is 0 Å². The third-order valence-electron chi connectivity index (χ3n) is 2.78. The molecule has 0 aromatic heterocycles. The van der Waals surface area contributed by atoms with Gasteiger partial charge in [-0.2, -0.15) is 5.26 Å². The van der Waals surface area contributed by atoms with Crippen LogP contribution in [0.5, 0.6) is 5.75 Å². The SMILES string of the molecule is CCOC(=O)c1ccc(-c2cc(O)cc(C#N)c2)cc1. The number of rotatable bonds is 3. The molecule has 0 aliphatic rings. The van der Waals surface area contributed by atoms with Crippen LogP contribution in [0.25, 0.3) is 11.1 Å². The number of phenols is 1. The second kappa shape index (κ2) is 5.89. The first-order valence-electron chi connectivity index (χ1n) is 6.15. The van der Waals surface area contributed by atoms with Gasteiger partial charge < -0.3 is 9.84 Å². The Hall–Kier alpha value is -2.80. The Bertz CT molecular complexity index is 669. The maximum Gasteiger partial charge on any atom is 0.338 e. The van der Waals surface area contributed by atoms with Gasteiger partial charge in [0.1, 0.15) is 5.75 Å². The number of aromatic hydroxyl groups is 1. The third-order valence-corrected chi connectivity index (χ3v) is 2.78. The lowest BCUT2D eigenvalue weighted by Crippen LogP contribution is -2.03. The molecule has 0 bridgehead atoms. The van der Waals surface area contributed by atoms with Gasteiger partial charge in [-0.25, -0.2) is 4.79 Å². The summed E-state index contributed by atoms with van der Waals surface area (Å²) < 4.78 is 4.91. The lowest BCUT2D eigenvalue weighted by Gasteiger charge is -2.05. The molecule has 1 N–H and O–H groups in total. The Kier molecular flexibility index (Phi) is 4.02. The molecule has 2 aromatic rings. The Morgan fingerprint density at radius 1 is 1.20 bits per heavy atom. The minimum atomic E-state index is -0.368. The van der Waals surface area contributed by atoms with Crippen LogP contribution < -0.4 is 0 Å². The van der Waals surface area contributed by atoms with Crippen molar-refractivity contribution in [3.8, 4) is 22.9 Å². The molecule has 0 heterocycles. The summed E-state index contributed by atoms with van der Waals surface area (Å²) in [6, 6.07) is 13.5. The van der Waals surface area contributed by atoms with E-state index in [0.29, 0.717) is 17.7 Å². The van der Waals surface area contributed by atoms with Gasteiger partial charge in [-0.1, -0.05) is 12.1 Å². The summed E-state index contributed by atoms with van der Waals surface area (Å²) in [4.78, 5) is 11.5. The monoisotopic (exact) mass is 267 g/mol. The van der Waals surface area contributed by atoms with E-state index in [0.717, 1.165) is 11.1 Å². The average Bonchev–Trinajstić information content (AvgIpc) is 2.47. The van der Waals surface area contributed by atoms with Crippen LogP contribution in [0.3, 0.4) is 0 Å². The number of benzene rings is 2. The zero-order valence-electron chi connectivity index (χ0n) is 11.0. The summed E-state index contributed by atoms with van der Waals surface area (Å²) >= 11 is 0. The van der Waals surface area contributed by atoms with Crippen molar-refractivity contribution in [1.29, 1.82) is 5.26 Å². The summed E-state index contributed by atoms with van der Waals surface area (Å²) in [7, 11) is 0. The van der Waals surface area contributed by atoms with E-state index in [-0.39, 0.29) is 11.7 Å². The quantitative estimate of drug-likeness (QED) is 0.867. The molecular formula is C16H13NO3. The highest BCUT2D eigenvalue weighted by Gasteiger charge is 2.07. The fourth-order valence-electron chi connectivity index (χ4n) is 1.86. The van der Waals surface area contributed by atoms with E-state index in [1.54, 1.807) is 43.3 Å². The maximum absolute atomic E-state index is 11.5. The molecule has 0 spiro atoms. The molecule has 0 fully saturated rings. The molecular weight excluding hydrogens is 254 g/mol. The molecule has 2 aromatic carbocycles. The molecule has 0 aliphatic carbocycles. The second-order valence-corrected chi connectivity index (χ2v) is 4.18. The van der Waals surface area contributed by atoms with E-state index in [1.165, 1.54) is 6.07 Å². The number of nitrogens with zero attached hydrogens (tertiary/aromatic N) is 1. The van der Waals surface area contributed by atoms with Crippen LogP contribution in [-0.2, 0) is 4.74 Å². The molecule has 0 radical (unpaired) electrons. The van der Waals surface area contributed by atoms with Crippen LogP contribution in [0, 0.1) is 11.3 Å². The van der Waals surface area contributed by atoms with Gasteiger partial charge in [0, 0.05) is 0 Å². The molecule has 4 nitrogen and oxygen atoms in total. The summed E-state index contributed by atoms with van der Waals surface area (Å²) in [6.07, 6.45) is 0. The molecule has 0 aliphatic heterocycles. The minimum Gasteiger partial charge on any atom is -0.508 e. The Balaban J connectivity index is 2.33. The molecule has 0 amide bonds. The average molecular weight is 267 g/mol. The number of phenolic OH excluding ortho intramolecular Hbond substituents is 1. The van der Waals surface area contributed by atoms with Crippen molar-refractivity contribution in [3.05, 3.63) is 53.6 Å². The Labute approximate surface area is 116 Å². The van der Waals surface area contributed by atoms with E-state index in [4.69, 9.17) is 10.00 Å². The molecule has 0 saturated heterocycles. The predicted molar refractivity (Wildman–Crippen MR) is 74.2 cm³/mol. The first-order valence-corrected chi connectivity index (χ1v) is 6.15. The van der Waals surface area contributed by atoms with Gasteiger partial charge in [0.05, 0.1) is 23.8 Å². The highest BCUT2D eigenvalue weighted by Crippen LogP contribution is 2.25. The zero-order chi connectivity index (χ0) is 14.5. The summed E-state index contributed by atoms with van der Waals surface area (Å²) in [5, 5.41) is 18.5. The molecule has 20 heavy (non-hydrogen) atoms. The second-order valence-electron chi connectivity index (χ2n) is 4.18. The molecule has 0 atom stereocenters. The van der Waals surface area contributed by atoms with Crippen molar-refractivity contribution in [2.75, 3.05) is 6.61 Å². The van der Waals surface area contributed by atoms with Crippen molar-refractivity contribution in [2.24, 2.45) is 0 Å². The van der Waals surface area contributed by atoms with Crippen LogP contribution in [-0.4, -0.2) is 17.7 Å². The number of hydrogen-bond donors (Lipinski definition) is 1. The molecule has 2 rings (SSSR count). The van der Waals surface area contributed by atoms with Gasteiger partial charge in [-0.3, -0.25) is 0 Å². The van der Waals surface area contributed by atoms with Gasteiger partial charge >= 0.3 is 5.97 Å². The van der Waals surface area contributed by atoms with Crippen LogP contribution in [0.1, 0.15) is 22.8 Å². The Morgan fingerprint density at radius 3 is 2.50 bits per heavy atom. The molecule has 0 unspecified atom stereocenters. The number of carbonyl (C=O) groups is 1. The van der Waals surface area contributed by atoms with Crippen molar-refractivity contribution >= 4 is 5.97 Å². The van der Waals surface area contributed by atoms with E-state index in [9.17, 15) is 9.90 Å². The van der Waals surface area contributed by atoms with Gasteiger partial charge in [-0.05, 0) is 48.4 Å². The van der Waals surface area contributed by atoms with Gasteiger partial charge in [0.15, 0.2) is 0 Å². The maximum atomic E-state index is 11.5.